The van der Waals surface area contributed by atoms with Gasteiger partial charge in [0, 0.05) is 17.8 Å². The first kappa shape index (κ1) is 15.5. The summed E-state index contributed by atoms with van der Waals surface area (Å²) in [5.74, 6) is 0.103. The Labute approximate surface area is 147 Å². The SMILES string of the molecule is O=C(C1Cc2ccccc2N1)N(Cc1ccccc1)c1ccccc1. The van der Waals surface area contributed by atoms with Gasteiger partial charge < -0.3 is 10.2 Å². The molecule has 124 valence electrons. The highest BCUT2D eigenvalue weighted by atomic mass is 16.2. The minimum atomic E-state index is -0.221. The Kier molecular flexibility index (Phi) is 4.21. The normalized spacial score (nSPS) is 15.3. The van der Waals surface area contributed by atoms with Gasteiger partial charge in [-0.25, -0.2) is 0 Å². The minimum Gasteiger partial charge on any atom is -0.373 e. The van der Waals surface area contributed by atoms with Gasteiger partial charge in [0.2, 0.25) is 5.91 Å². The van der Waals surface area contributed by atoms with Gasteiger partial charge in [0.15, 0.2) is 0 Å². The molecule has 1 heterocycles. The largest absolute Gasteiger partial charge is 0.373 e. The summed E-state index contributed by atoms with van der Waals surface area (Å²) in [4.78, 5) is 15.2. The third-order valence-corrected chi connectivity index (χ3v) is 4.59. The van der Waals surface area contributed by atoms with E-state index in [0.29, 0.717) is 6.54 Å². The standard InChI is InChI=1S/C22H20N2O/c25-22(21-15-18-11-7-8-14-20(18)23-21)24(19-12-5-2-6-13-19)16-17-9-3-1-4-10-17/h1-14,21,23H,15-16H2. The van der Waals surface area contributed by atoms with E-state index in [2.05, 4.69) is 23.5 Å². The first-order valence-electron chi connectivity index (χ1n) is 8.56. The lowest BCUT2D eigenvalue weighted by Gasteiger charge is -2.26. The van der Waals surface area contributed by atoms with Crippen molar-refractivity contribution in [2.75, 3.05) is 10.2 Å². The van der Waals surface area contributed by atoms with Crippen LogP contribution in [0.4, 0.5) is 11.4 Å². The number of nitrogens with one attached hydrogen (secondary N) is 1. The zero-order chi connectivity index (χ0) is 17.1. The van der Waals surface area contributed by atoms with E-state index in [1.165, 1.54) is 5.56 Å². The first-order chi connectivity index (χ1) is 12.3. The van der Waals surface area contributed by atoms with E-state index < -0.39 is 0 Å². The summed E-state index contributed by atoms with van der Waals surface area (Å²) in [5, 5.41) is 3.38. The number of fused-ring (bicyclic) bond motifs is 1. The summed E-state index contributed by atoms with van der Waals surface area (Å²) < 4.78 is 0. The van der Waals surface area contributed by atoms with Crippen molar-refractivity contribution in [1.82, 2.24) is 0 Å². The maximum Gasteiger partial charge on any atom is 0.250 e. The molecular weight excluding hydrogens is 308 g/mol. The van der Waals surface area contributed by atoms with E-state index in [1.807, 2.05) is 71.6 Å². The molecule has 0 fully saturated rings. The van der Waals surface area contributed by atoms with Crippen molar-refractivity contribution in [3.05, 3.63) is 96.1 Å². The van der Waals surface area contributed by atoms with Crippen molar-refractivity contribution in [3.63, 3.8) is 0 Å². The number of hydrogen-bond donors (Lipinski definition) is 1. The van der Waals surface area contributed by atoms with Crippen LogP contribution >= 0.6 is 0 Å². The molecule has 3 nitrogen and oxygen atoms in total. The molecule has 1 amide bonds. The third-order valence-electron chi connectivity index (χ3n) is 4.59. The molecule has 1 atom stereocenters. The Morgan fingerprint density at radius 3 is 2.24 bits per heavy atom. The average molecular weight is 328 g/mol. The van der Waals surface area contributed by atoms with E-state index >= 15 is 0 Å². The molecule has 3 aromatic carbocycles. The quantitative estimate of drug-likeness (QED) is 0.776. The van der Waals surface area contributed by atoms with E-state index in [1.54, 1.807) is 0 Å². The molecule has 0 radical (unpaired) electrons. The van der Waals surface area contributed by atoms with E-state index in [0.717, 1.165) is 23.4 Å². The number of anilines is 2. The van der Waals surface area contributed by atoms with Crippen molar-refractivity contribution in [2.24, 2.45) is 0 Å². The highest BCUT2D eigenvalue weighted by Gasteiger charge is 2.30. The molecule has 0 saturated heterocycles. The second kappa shape index (κ2) is 6.81. The van der Waals surface area contributed by atoms with Crippen molar-refractivity contribution in [3.8, 4) is 0 Å². The van der Waals surface area contributed by atoms with E-state index in [4.69, 9.17) is 0 Å². The summed E-state index contributed by atoms with van der Waals surface area (Å²) >= 11 is 0. The molecule has 0 saturated carbocycles. The maximum absolute atomic E-state index is 13.3. The smallest absolute Gasteiger partial charge is 0.250 e. The van der Waals surface area contributed by atoms with Crippen LogP contribution in [0.5, 0.6) is 0 Å². The van der Waals surface area contributed by atoms with Crippen molar-refractivity contribution >= 4 is 17.3 Å². The van der Waals surface area contributed by atoms with Crippen LogP contribution in [0.25, 0.3) is 0 Å². The van der Waals surface area contributed by atoms with Crippen LogP contribution in [0.1, 0.15) is 11.1 Å². The maximum atomic E-state index is 13.3. The van der Waals surface area contributed by atoms with Gasteiger partial charge in [-0.1, -0.05) is 66.7 Å². The van der Waals surface area contributed by atoms with Crippen molar-refractivity contribution in [2.45, 2.75) is 19.0 Å². The zero-order valence-corrected chi connectivity index (χ0v) is 13.9. The number of para-hydroxylation sites is 2. The number of rotatable bonds is 4. The van der Waals surface area contributed by atoms with Gasteiger partial charge in [0.25, 0.3) is 0 Å². The Balaban J connectivity index is 1.61. The van der Waals surface area contributed by atoms with Gasteiger partial charge in [-0.3, -0.25) is 4.79 Å². The topological polar surface area (TPSA) is 32.3 Å². The average Bonchev–Trinajstić information content (AvgIpc) is 3.11. The van der Waals surface area contributed by atoms with Crippen LogP contribution in [0.3, 0.4) is 0 Å². The zero-order valence-electron chi connectivity index (χ0n) is 13.9. The lowest BCUT2D eigenvalue weighted by molar-refractivity contribution is -0.119. The molecule has 3 heteroatoms. The fraction of sp³-hybridized carbons (Fsp3) is 0.136. The van der Waals surface area contributed by atoms with Crippen LogP contribution in [-0.2, 0) is 17.8 Å². The number of amides is 1. The van der Waals surface area contributed by atoms with Gasteiger partial charge in [0.05, 0.1) is 6.54 Å². The molecule has 0 aliphatic carbocycles. The molecule has 1 N–H and O–H groups in total. The van der Waals surface area contributed by atoms with Crippen LogP contribution in [0, 0.1) is 0 Å². The monoisotopic (exact) mass is 328 g/mol. The molecule has 0 spiro atoms. The highest BCUT2D eigenvalue weighted by molar-refractivity contribution is 6.00. The summed E-state index contributed by atoms with van der Waals surface area (Å²) in [6, 6.07) is 27.9. The summed E-state index contributed by atoms with van der Waals surface area (Å²) in [6.07, 6.45) is 0.729. The molecule has 1 aliphatic rings. The van der Waals surface area contributed by atoms with E-state index in [-0.39, 0.29) is 11.9 Å². The third kappa shape index (κ3) is 3.26. The van der Waals surface area contributed by atoms with Crippen molar-refractivity contribution in [1.29, 1.82) is 0 Å². The van der Waals surface area contributed by atoms with Crippen LogP contribution in [0.15, 0.2) is 84.9 Å². The van der Waals surface area contributed by atoms with Gasteiger partial charge in [-0.15, -0.1) is 0 Å². The van der Waals surface area contributed by atoms with Crippen molar-refractivity contribution < 1.29 is 4.79 Å². The lowest BCUT2D eigenvalue weighted by Crippen LogP contribution is -2.42. The fourth-order valence-corrected chi connectivity index (χ4v) is 3.31. The molecule has 0 aromatic heterocycles. The number of carbonyl (C=O) groups excluding carboxylic acids is 1. The Bertz CT molecular complexity index is 836. The minimum absolute atomic E-state index is 0.103. The Morgan fingerprint density at radius 1 is 0.880 bits per heavy atom. The highest BCUT2D eigenvalue weighted by Crippen LogP contribution is 2.28. The number of carbonyl (C=O) groups is 1. The molecule has 4 rings (SSSR count). The second-order valence-corrected chi connectivity index (χ2v) is 6.30. The first-order valence-corrected chi connectivity index (χ1v) is 8.56. The summed E-state index contributed by atoms with van der Waals surface area (Å²) in [5.41, 5.74) is 4.31. The van der Waals surface area contributed by atoms with Crippen LogP contribution in [-0.4, -0.2) is 11.9 Å². The lowest BCUT2D eigenvalue weighted by atomic mass is 10.1. The fourth-order valence-electron chi connectivity index (χ4n) is 3.31. The second-order valence-electron chi connectivity index (χ2n) is 6.30. The Morgan fingerprint density at radius 2 is 1.52 bits per heavy atom. The molecule has 0 bridgehead atoms. The van der Waals surface area contributed by atoms with Gasteiger partial charge in [0.1, 0.15) is 6.04 Å². The number of nitrogens with zero attached hydrogens (tertiary/aromatic N) is 1. The predicted octanol–water partition coefficient (Wildman–Crippen LogP) is 4.26. The molecule has 1 unspecified atom stereocenters. The molecule has 3 aromatic rings. The number of benzene rings is 3. The van der Waals surface area contributed by atoms with Crippen LogP contribution < -0.4 is 10.2 Å². The molecule has 1 aliphatic heterocycles. The molecule has 25 heavy (non-hydrogen) atoms. The van der Waals surface area contributed by atoms with Gasteiger partial charge in [-0.2, -0.15) is 0 Å². The summed E-state index contributed by atoms with van der Waals surface area (Å²) in [7, 11) is 0. The number of hydrogen-bond acceptors (Lipinski definition) is 2. The predicted molar refractivity (Wildman–Crippen MR) is 102 cm³/mol. The summed E-state index contributed by atoms with van der Waals surface area (Å²) in [6.45, 7) is 0.568. The van der Waals surface area contributed by atoms with Crippen LogP contribution in [0.2, 0.25) is 0 Å². The Hall–Kier alpha value is -3.07. The van der Waals surface area contributed by atoms with E-state index in [9.17, 15) is 4.79 Å². The van der Waals surface area contributed by atoms with Gasteiger partial charge >= 0.3 is 0 Å². The van der Waals surface area contributed by atoms with Gasteiger partial charge in [-0.05, 0) is 29.3 Å². The molecular formula is C22H20N2O.